The van der Waals surface area contributed by atoms with Crippen LogP contribution in [-0.2, 0) is 11.3 Å². The summed E-state index contributed by atoms with van der Waals surface area (Å²) in [7, 11) is 1.61. The second-order valence-electron chi connectivity index (χ2n) is 6.14. The van der Waals surface area contributed by atoms with E-state index in [9.17, 15) is 9.90 Å². The van der Waals surface area contributed by atoms with E-state index in [1.807, 2.05) is 43.3 Å². The molecular weight excluding hydrogens is 368 g/mol. The topological polar surface area (TPSA) is 79.8 Å². The summed E-state index contributed by atoms with van der Waals surface area (Å²) in [4.78, 5) is 11.9. The minimum Gasteiger partial charge on any atom is -0.497 e. The monoisotopic (exact) mass is 392 g/mol. The van der Waals surface area contributed by atoms with Crippen LogP contribution in [0, 0.1) is 0 Å². The van der Waals surface area contributed by atoms with Gasteiger partial charge in [-0.05, 0) is 42.3 Å². The number of halogens is 1. The van der Waals surface area contributed by atoms with Gasteiger partial charge in [-0.1, -0.05) is 35.9 Å². The maximum atomic E-state index is 11.9. The lowest BCUT2D eigenvalue weighted by Gasteiger charge is -2.17. The third-order valence-electron chi connectivity index (χ3n) is 3.95. The summed E-state index contributed by atoms with van der Waals surface area (Å²) in [6.07, 6.45) is -0.792. The maximum absolute atomic E-state index is 11.9. The van der Waals surface area contributed by atoms with Crippen LogP contribution in [0.5, 0.6) is 5.75 Å². The van der Waals surface area contributed by atoms with Crippen molar-refractivity contribution in [2.75, 3.05) is 20.3 Å². The summed E-state index contributed by atoms with van der Waals surface area (Å²) in [6, 6.07) is 14.2. The fourth-order valence-corrected chi connectivity index (χ4v) is 2.51. The highest BCUT2D eigenvalue weighted by Gasteiger charge is 2.11. The minimum atomic E-state index is -0.792. The summed E-state index contributed by atoms with van der Waals surface area (Å²) < 4.78 is 10.6. The van der Waals surface area contributed by atoms with Gasteiger partial charge in [0.15, 0.2) is 0 Å². The van der Waals surface area contributed by atoms with Gasteiger partial charge in [0.25, 0.3) is 0 Å². The van der Waals surface area contributed by atoms with Crippen LogP contribution in [0.3, 0.4) is 0 Å². The summed E-state index contributed by atoms with van der Waals surface area (Å²) in [5.41, 5.74) is 1.92. The van der Waals surface area contributed by atoms with Crippen LogP contribution in [0.4, 0.5) is 4.79 Å². The SMILES string of the molecule is COc1ccc(COCC(O)CNC(=O)NC(C)c2ccc(Cl)cc2)cc1. The van der Waals surface area contributed by atoms with Crippen molar-refractivity contribution in [3.8, 4) is 5.75 Å². The molecule has 3 N–H and O–H groups in total. The van der Waals surface area contributed by atoms with Gasteiger partial charge < -0.3 is 25.2 Å². The Balaban J connectivity index is 1.64. The molecule has 0 aliphatic carbocycles. The Hall–Kier alpha value is -2.28. The molecule has 2 aromatic carbocycles. The molecule has 0 bridgehead atoms. The molecule has 0 spiro atoms. The molecule has 6 nitrogen and oxygen atoms in total. The number of carbonyl (C=O) groups is 1. The van der Waals surface area contributed by atoms with Crippen molar-refractivity contribution >= 4 is 17.6 Å². The van der Waals surface area contributed by atoms with Gasteiger partial charge in [-0.3, -0.25) is 0 Å². The number of aliphatic hydroxyl groups is 1. The molecule has 0 fully saturated rings. The number of carbonyl (C=O) groups excluding carboxylic acids is 1. The molecule has 2 aromatic rings. The van der Waals surface area contributed by atoms with Crippen molar-refractivity contribution in [1.29, 1.82) is 0 Å². The van der Waals surface area contributed by atoms with Gasteiger partial charge in [0.1, 0.15) is 5.75 Å². The Morgan fingerprint density at radius 1 is 1.15 bits per heavy atom. The van der Waals surface area contributed by atoms with Gasteiger partial charge in [0.2, 0.25) is 0 Å². The zero-order valence-electron chi connectivity index (χ0n) is 15.4. The predicted molar refractivity (Wildman–Crippen MR) is 105 cm³/mol. The first-order valence-corrected chi connectivity index (χ1v) is 9.04. The van der Waals surface area contributed by atoms with Crippen molar-refractivity contribution in [3.63, 3.8) is 0 Å². The molecule has 0 aromatic heterocycles. The van der Waals surface area contributed by atoms with Gasteiger partial charge in [-0.2, -0.15) is 0 Å². The van der Waals surface area contributed by atoms with E-state index >= 15 is 0 Å². The summed E-state index contributed by atoms with van der Waals surface area (Å²) in [6.45, 7) is 2.47. The highest BCUT2D eigenvalue weighted by Crippen LogP contribution is 2.15. The summed E-state index contributed by atoms with van der Waals surface area (Å²) >= 11 is 5.86. The lowest BCUT2D eigenvalue weighted by atomic mass is 10.1. The molecule has 27 heavy (non-hydrogen) atoms. The third-order valence-corrected chi connectivity index (χ3v) is 4.21. The van der Waals surface area contributed by atoms with Gasteiger partial charge >= 0.3 is 6.03 Å². The Morgan fingerprint density at radius 2 is 1.81 bits per heavy atom. The number of hydrogen-bond donors (Lipinski definition) is 3. The number of urea groups is 1. The van der Waals surface area contributed by atoms with Crippen LogP contribution in [0.25, 0.3) is 0 Å². The standard InChI is InChI=1S/C20H25ClN2O4/c1-14(16-5-7-17(21)8-6-16)23-20(25)22-11-18(24)13-27-12-15-3-9-19(26-2)10-4-15/h3-10,14,18,24H,11-13H2,1-2H3,(H2,22,23,25). The molecule has 0 aliphatic heterocycles. The van der Waals surface area contributed by atoms with Gasteiger partial charge in [0.05, 0.1) is 32.5 Å². The first-order chi connectivity index (χ1) is 13.0. The molecule has 0 heterocycles. The van der Waals surface area contributed by atoms with Gasteiger partial charge in [0, 0.05) is 11.6 Å². The number of hydrogen-bond acceptors (Lipinski definition) is 4. The van der Waals surface area contributed by atoms with Crippen LogP contribution in [0.15, 0.2) is 48.5 Å². The Kier molecular flexibility index (Phi) is 8.39. The summed E-state index contributed by atoms with van der Waals surface area (Å²) in [5.74, 6) is 0.779. The number of aliphatic hydroxyl groups excluding tert-OH is 1. The van der Waals surface area contributed by atoms with Crippen LogP contribution in [-0.4, -0.2) is 37.5 Å². The lowest BCUT2D eigenvalue weighted by molar-refractivity contribution is 0.0300. The molecule has 0 saturated carbocycles. The molecule has 2 rings (SSSR count). The van der Waals surface area contributed by atoms with Crippen molar-refractivity contribution in [2.45, 2.75) is 25.7 Å². The number of ether oxygens (including phenoxy) is 2. The van der Waals surface area contributed by atoms with Crippen molar-refractivity contribution in [2.24, 2.45) is 0 Å². The molecule has 7 heteroatoms. The molecule has 0 saturated heterocycles. The van der Waals surface area contributed by atoms with E-state index in [-0.39, 0.29) is 25.2 Å². The number of benzene rings is 2. The smallest absolute Gasteiger partial charge is 0.315 e. The first-order valence-electron chi connectivity index (χ1n) is 8.66. The van der Waals surface area contributed by atoms with Gasteiger partial charge in [-0.15, -0.1) is 0 Å². The molecule has 0 radical (unpaired) electrons. The fourth-order valence-electron chi connectivity index (χ4n) is 2.39. The zero-order valence-corrected chi connectivity index (χ0v) is 16.2. The van der Waals surface area contributed by atoms with E-state index in [0.717, 1.165) is 16.9 Å². The highest BCUT2D eigenvalue weighted by atomic mass is 35.5. The van der Waals surface area contributed by atoms with E-state index in [0.29, 0.717) is 11.6 Å². The molecule has 0 aliphatic rings. The van der Waals surface area contributed by atoms with Crippen LogP contribution >= 0.6 is 11.6 Å². The molecule has 2 amide bonds. The number of rotatable bonds is 9. The van der Waals surface area contributed by atoms with E-state index in [1.165, 1.54) is 0 Å². The van der Waals surface area contributed by atoms with Crippen molar-refractivity contribution in [1.82, 2.24) is 10.6 Å². The van der Waals surface area contributed by atoms with E-state index < -0.39 is 6.10 Å². The Labute approximate surface area is 164 Å². The Bertz CT molecular complexity index is 707. The number of amides is 2. The predicted octanol–water partition coefficient (Wildman–Crippen LogP) is 3.29. The second kappa shape index (κ2) is 10.8. The summed E-state index contributed by atoms with van der Waals surface area (Å²) in [5, 5.41) is 16.0. The molecular formula is C20H25ClN2O4. The fraction of sp³-hybridized carbons (Fsp3) is 0.350. The van der Waals surface area contributed by atoms with Crippen molar-refractivity contribution < 1.29 is 19.4 Å². The second-order valence-corrected chi connectivity index (χ2v) is 6.58. The van der Waals surface area contributed by atoms with Crippen LogP contribution in [0.1, 0.15) is 24.1 Å². The molecule has 2 atom stereocenters. The first kappa shape index (κ1) is 21.0. The van der Waals surface area contributed by atoms with Crippen LogP contribution < -0.4 is 15.4 Å². The maximum Gasteiger partial charge on any atom is 0.315 e. The zero-order chi connectivity index (χ0) is 19.6. The minimum absolute atomic E-state index is 0.0990. The largest absolute Gasteiger partial charge is 0.497 e. The average Bonchev–Trinajstić information content (AvgIpc) is 2.67. The van der Waals surface area contributed by atoms with Crippen LogP contribution in [0.2, 0.25) is 5.02 Å². The number of nitrogens with one attached hydrogen (secondary N) is 2. The van der Waals surface area contributed by atoms with Crippen molar-refractivity contribution in [3.05, 3.63) is 64.7 Å². The normalized spacial score (nSPS) is 12.9. The molecule has 146 valence electrons. The number of methoxy groups -OCH3 is 1. The van der Waals surface area contributed by atoms with Gasteiger partial charge in [-0.25, -0.2) is 4.79 Å². The third kappa shape index (κ3) is 7.46. The lowest BCUT2D eigenvalue weighted by Crippen LogP contribution is -2.41. The van der Waals surface area contributed by atoms with E-state index in [2.05, 4.69) is 10.6 Å². The quantitative estimate of drug-likeness (QED) is 0.611. The highest BCUT2D eigenvalue weighted by molar-refractivity contribution is 6.30. The Morgan fingerprint density at radius 3 is 2.44 bits per heavy atom. The van der Waals surface area contributed by atoms with E-state index in [4.69, 9.17) is 21.1 Å². The van der Waals surface area contributed by atoms with E-state index in [1.54, 1.807) is 19.2 Å². The average molecular weight is 393 g/mol. The molecule has 2 unspecified atom stereocenters.